The molecule has 0 spiro atoms. The molecule has 0 aliphatic rings. The van der Waals surface area contributed by atoms with Crippen LogP contribution >= 0.6 is 0 Å². The minimum atomic E-state index is -3.52. The van der Waals surface area contributed by atoms with Crippen LogP contribution in [0.25, 0.3) is 0 Å². The Kier molecular flexibility index (Phi) is 6.48. The van der Waals surface area contributed by atoms with Crippen molar-refractivity contribution in [1.29, 1.82) is 5.26 Å². The molecule has 0 aromatic carbocycles. The molecule has 0 saturated carbocycles. The van der Waals surface area contributed by atoms with Crippen molar-refractivity contribution in [2.75, 3.05) is 19.7 Å². The van der Waals surface area contributed by atoms with E-state index in [4.69, 9.17) is 10.4 Å². The summed E-state index contributed by atoms with van der Waals surface area (Å²) >= 11 is 0. The first-order valence-corrected chi connectivity index (χ1v) is 6.54. The summed E-state index contributed by atoms with van der Waals surface area (Å²) in [6, 6.07) is 1.79. The van der Waals surface area contributed by atoms with Gasteiger partial charge in [0.25, 0.3) is 0 Å². The molecule has 0 aliphatic heterocycles. The highest BCUT2D eigenvalue weighted by Gasteiger charge is 2.29. The zero-order valence-corrected chi connectivity index (χ0v) is 10.00. The molecule has 0 bridgehead atoms. The Balaban J connectivity index is 4.73. The van der Waals surface area contributed by atoms with Crippen LogP contribution in [0.15, 0.2) is 0 Å². The van der Waals surface area contributed by atoms with Crippen molar-refractivity contribution in [2.24, 2.45) is 0 Å². The van der Waals surface area contributed by atoms with Crippen molar-refractivity contribution in [3.05, 3.63) is 0 Å². The van der Waals surface area contributed by atoms with Crippen LogP contribution in [-0.4, -0.2) is 42.8 Å². The third kappa shape index (κ3) is 3.78. The Morgan fingerprint density at radius 1 is 1.47 bits per heavy atom. The second-order valence-electron chi connectivity index (χ2n) is 3.14. The SMILES string of the molecule is CCC(C#N)S(=O)(=O)N(CC)CCCO. The van der Waals surface area contributed by atoms with Gasteiger partial charge in [-0.3, -0.25) is 0 Å². The molecule has 0 saturated heterocycles. The van der Waals surface area contributed by atoms with E-state index in [0.29, 0.717) is 13.0 Å². The number of nitriles is 1. The fraction of sp³-hybridized carbons (Fsp3) is 0.889. The lowest BCUT2D eigenvalue weighted by Gasteiger charge is -2.22. The smallest absolute Gasteiger partial charge is 0.230 e. The number of aliphatic hydroxyl groups excluding tert-OH is 1. The maximum atomic E-state index is 11.9. The van der Waals surface area contributed by atoms with Gasteiger partial charge in [-0.1, -0.05) is 13.8 Å². The van der Waals surface area contributed by atoms with Gasteiger partial charge >= 0.3 is 0 Å². The van der Waals surface area contributed by atoms with Gasteiger partial charge in [0, 0.05) is 19.7 Å². The molecule has 88 valence electrons. The fourth-order valence-electron chi connectivity index (χ4n) is 1.26. The minimum Gasteiger partial charge on any atom is -0.396 e. The predicted molar refractivity (Wildman–Crippen MR) is 57.6 cm³/mol. The molecular formula is C9H18N2O3S. The summed E-state index contributed by atoms with van der Waals surface area (Å²) in [5, 5.41) is 16.4. The summed E-state index contributed by atoms with van der Waals surface area (Å²) in [6.45, 7) is 3.95. The Bertz CT molecular complexity index is 308. The molecule has 0 aliphatic carbocycles. The van der Waals surface area contributed by atoms with Crippen LogP contribution in [-0.2, 0) is 10.0 Å². The van der Waals surface area contributed by atoms with Gasteiger partial charge in [-0.25, -0.2) is 12.7 Å². The highest BCUT2D eigenvalue weighted by atomic mass is 32.2. The molecule has 0 amide bonds. The van der Waals surface area contributed by atoms with Gasteiger partial charge in [0.05, 0.1) is 6.07 Å². The van der Waals surface area contributed by atoms with E-state index < -0.39 is 15.3 Å². The van der Waals surface area contributed by atoms with Crippen molar-refractivity contribution in [3.8, 4) is 6.07 Å². The van der Waals surface area contributed by atoms with Crippen LogP contribution in [0.2, 0.25) is 0 Å². The van der Waals surface area contributed by atoms with Gasteiger partial charge < -0.3 is 5.11 Å². The molecule has 0 radical (unpaired) electrons. The average Bonchev–Trinajstić information content (AvgIpc) is 2.20. The molecule has 0 rings (SSSR count). The maximum Gasteiger partial charge on any atom is 0.230 e. The summed E-state index contributed by atoms with van der Waals surface area (Å²) in [7, 11) is -3.52. The molecule has 6 heteroatoms. The van der Waals surface area contributed by atoms with Crippen molar-refractivity contribution in [3.63, 3.8) is 0 Å². The summed E-state index contributed by atoms with van der Waals surface area (Å²) in [5.74, 6) is 0. The molecule has 15 heavy (non-hydrogen) atoms. The van der Waals surface area contributed by atoms with Crippen LogP contribution < -0.4 is 0 Å². The third-order valence-electron chi connectivity index (χ3n) is 2.15. The van der Waals surface area contributed by atoms with Crippen LogP contribution in [0.1, 0.15) is 26.7 Å². The van der Waals surface area contributed by atoms with Crippen molar-refractivity contribution in [2.45, 2.75) is 31.9 Å². The monoisotopic (exact) mass is 234 g/mol. The van der Waals surface area contributed by atoms with E-state index in [1.54, 1.807) is 19.9 Å². The van der Waals surface area contributed by atoms with Crippen LogP contribution in [0, 0.1) is 11.3 Å². The standard InChI is InChI=1S/C9H18N2O3S/c1-3-9(8-10)15(13,14)11(4-2)6-5-7-12/h9,12H,3-7H2,1-2H3. The van der Waals surface area contributed by atoms with Gasteiger partial charge in [0.2, 0.25) is 10.0 Å². The van der Waals surface area contributed by atoms with E-state index in [2.05, 4.69) is 0 Å². The lowest BCUT2D eigenvalue weighted by atomic mass is 10.4. The highest BCUT2D eigenvalue weighted by molar-refractivity contribution is 7.90. The Morgan fingerprint density at radius 3 is 2.40 bits per heavy atom. The molecule has 1 atom stereocenters. The lowest BCUT2D eigenvalue weighted by Crippen LogP contribution is -2.38. The molecular weight excluding hydrogens is 216 g/mol. The normalized spacial score (nSPS) is 13.8. The topological polar surface area (TPSA) is 81.4 Å². The van der Waals surface area contributed by atoms with Gasteiger partial charge in [-0.05, 0) is 12.8 Å². The van der Waals surface area contributed by atoms with Crippen molar-refractivity contribution in [1.82, 2.24) is 4.31 Å². The highest BCUT2D eigenvalue weighted by Crippen LogP contribution is 2.11. The molecule has 1 N–H and O–H groups in total. The van der Waals surface area contributed by atoms with Crippen LogP contribution in [0.5, 0.6) is 0 Å². The van der Waals surface area contributed by atoms with Crippen molar-refractivity contribution < 1.29 is 13.5 Å². The first-order chi connectivity index (χ1) is 7.04. The third-order valence-corrected chi connectivity index (χ3v) is 4.47. The van der Waals surface area contributed by atoms with Gasteiger partial charge in [-0.15, -0.1) is 0 Å². The van der Waals surface area contributed by atoms with E-state index in [1.807, 2.05) is 0 Å². The molecule has 0 aromatic rings. The Labute approximate surface area is 91.4 Å². The second kappa shape index (κ2) is 6.77. The average molecular weight is 234 g/mol. The molecule has 0 aromatic heterocycles. The van der Waals surface area contributed by atoms with E-state index in [9.17, 15) is 8.42 Å². The van der Waals surface area contributed by atoms with Gasteiger partial charge in [-0.2, -0.15) is 5.26 Å². The van der Waals surface area contributed by atoms with E-state index in [-0.39, 0.29) is 19.6 Å². The molecule has 0 fully saturated rings. The van der Waals surface area contributed by atoms with Gasteiger partial charge in [0.15, 0.2) is 5.25 Å². The zero-order chi connectivity index (χ0) is 11.9. The largest absolute Gasteiger partial charge is 0.396 e. The first-order valence-electron chi connectivity index (χ1n) is 5.04. The summed E-state index contributed by atoms with van der Waals surface area (Å²) < 4.78 is 25.0. The van der Waals surface area contributed by atoms with Crippen molar-refractivity contribution >= 4 is 10.0 Å². The molecule has 1 unspecified atom stereocenters. The summed E-state index contributed by atoms with van der Waals surface area (Å²) in [6.07, 6.45) is 0.684. The number of aliphatic hydroxyl groups is 1. The summed E-state index contributed by atoms with van der Waals surface area (Å²) in [4.78, 5) is 0. The van der Waals surface area contributed by atoms with E-state index >= 15 is 0 Å². The Morgan fingerprint density at radius 2 is 2.07 bits per heavy atom. The maximum absolute atomic E-state index is 11.9. The van der Waals surface area contributed by atoms with Gasteiger partial charge in [0.1, 0.15) is 0 Å². The number of hydrogen-bond acceptors (Lipinski definition) is 4. The van der Waals surface area contributed by atoms with E-state index in [1.165, 1.54) is 4.31 Å². The molecule has 5 nitrogen and oxygen atoms in total. The van der Waals surface area contributed by atoms with Crippen LogP contribution in [0.4, 0.5) is 0 Å². The lowest BCUT2D eigenvalue weighted by molar-refractivity contribution is 0.270. The number of rotatable bonds is 7. The number of sulfonamides is 1. The first kappa shape index (κ1) is 14.4. The quantitative estimate of drug-likeness (QED) is 0.688. The predicted octanol–water partition coefficient (Wildman–Crippen LogP) is 0.323. The Hall–Kier alpha value is -0.640. The number of hydrogen-bond donors (Lipinski definition) is 1. The summed E-state index contributed by atoms with van der Waals surface area (Å²) in [5.41, 5.74) is 0. The minimum absolute atomic E-state index is 0.0463. The fourth-order valence-corrected chi connectivity index (χ4v) is 2.92. The molecule has 0 heterocycles. The zero-order valence-electron chi connectivity index (χ0n) is 9.18. The van der Waals surface area contributed by atoms with E-state index in [0.717, 1.165) is 0 Å². The van der Waals surface area contributed by atoms with Crippen LogP contribution in [0.3, 0.4) is 0 Å². The number of nitrogens with zero attached hydrogens (tertiary/aromatic N) is 2. The second-order valence-corrected chi connectivity index (χ2v) is 5.26.